The van der Waals surface area contributed by atoms with Crippen molar-refractivity contribution >= 4 is 25.7 Å². The number of carbonyl (C=O) groups excluding carboxylic acids is 3. The zero-order valence-corrected chi connectivity index (χ0v) is 40.5. The molecule has 62 heavy (non-hydrogen) atoms. The van der Waals surface area contributed by atoms with Crippen LogP contribution in [0.5, 0.6) is 0 Å². The molecule has 3 unspecified atom stereocenters. The van der Waals surface area contributed by atoms with E-state index in [2.05, 4.69) is 57.2 Å². The van der Waals surface area contributed by atoms with Gasteiger partial charge in [0.05, 0.1) is 19.8 Å². The summed E-state index contributed by atoms with van der Waals surface area (Å²) in [4.78, 5) is 48.1. The Labute approximate surface area is 378 Å². The maximum atomic E-state index is 12.8. The van der Waals surface area contributed by atoms with Gasteiger partial charge in [0.1, 0.15) is 12.7 Å². The first kappa shape index (κ1) is 59.7. The summed E-state index contributed by atoms with van der Waals surface area (Å²) >= 11 is 0. The molecule has 2 N–H and O–H groups in total. The predicted molar refractivity (Wildman–Crippen MR) is 252 cm³/mol. The van der Waals surface area contributed by atoms with Crippen LogP contribution < -0.4 is 0 Å². The van der Waals surface area contributed by atoms with Gasteiger partial charge >= 0.3 is 25.7 Å². The molecule has 0 fully saturated rings. The number of hydrogen-bond donors (Lipinski definition) is 2. The highest BCUT2D eigenvalue weighted by Crippen LogP contribution is 2.43. The number of esters is 3. The standard InChI is InChI=1S/C50H91O11P/c1-4-7-10-13-16-19-22-23-26-29-32-35-38-41-50(54)61-47(43-57-48(52)39-36-33-30-27-24-20-17-14-11-8-5-2)45-59-62(55,56)58-44-46(42-51)60-49(53)40-37-34-31-28-25-21-18-15-12-9-6-3/h7,10,16,19,23,26,46-47,51H,4-6,8-9,11-15,17-18,20-22,24-25,27-45H2,1-3H3,(H,55,56)/b10-7-,19-16-,26-23-. The van der Waals surface area contributed by atoms with Gasteiger partial charge in [-0.3, -0.25) is 23.4 Å². The summed E-state index contributed by atoms with van der Waals surface area (Å²) in [5, 5.41) is 9.74. The molecule has 0 heterocycles. The van der Waals surface area contributed by atoms with E-state index in [9.17, 15) is 28.9 Å². The molecule has 0 aliphatic heterocycles. The van der Waals surface area contributed by atoms with Crippen LogP contribution in [0.1, 0.15) is 226 Å². The van der Waals surface area contributed by atoms with E-state index in [1.165, 1.54) is 89.9 Å². The van der Waals surface area contributed by atoms with Crippen molar-refractivity contribution in [3.05, 3.63) is 36.5 Å². The number of aliphatic hydroxyl groups excluding tert-OH is 1. The smallest absolute Gasteiger partial charge is 0.462 e. The van der Waals surface area contributed by atoms with E-state index in [4.69, 9.17) is 23.3 Å². The van der Waals surface area contributed by atoms with Crippen molar-refractivity contribution < 1.29 is 52.2 Å². The summed E-state index contributed by atoms with van der Waals surface area (Å²) < 4.78 is 39.2. The molecular weight excluding hydrogens is 808 g/mol. The molecule has 12 heteroatoms. The number of phosphoric acid groups is 1. The number of hydrogen-bond acceptors (Lipinski definition) is 10. The molecule has 0 aromatic carbocycles. The van der Waals surface area contributed by atoms with Crippen molar-refractivity contribution in [2.45, 2.75) is 238 Å². The molecule has 0 aromatic rings. The van der Waals surface area contributed by atoms with Crippen LogP contribution in [0.4, 0.5) is 0 Å². The van der Waals surface area contributed by atoms with Gasteiger partial charge < -0.3 is 24.2 Å². The van der Waals surface area contributed by atoms with Gasteiger partial charge in [-0.15, -0.1) is 0 Å². The Morgan fingerprint density at radius 1 is 0.468 bits per heavy atom. The number of ether oxygens (including phenoxy) is 3. The van der Waals surface area contributed by atoms with Crippen LogP contribution in [0.2, 0.25) is 0 Å². The summed E-state index contributed by atoms with van der Waals surface area (Å²) in [6.07, 6.45) is 42.7. The summed E-state index contributed by atoms with van der Waals surface area (Å²) in [6.45, 7) is 4.47. The van der Waals surface area contributed by atoms with Crippen LogP contribution in [0.25, 0.3) is 0 Å². The fourth-order valence-corrected chi connectivity index (χ4v) is 7.57. The van der Waals surface area contributed by atoms with Gasteiger partial charge in [-0.1, -0.05) is 192 Å². The van der Waals surface area contributed by atoms with Crippen molar-refractivity contribution in [1.29, 1.82) is 0 Å². The van der Waals surface area contributed by atoms with Gasteiger partial charge in [0.2, 0.25) is 0 Å². The van der Waals surface area contributed by atoms with E-state index < -0.39 is 57.8 Å². The average Bonchev–Trinajstić information content (AvgIpc) is 3.25. The minimum Gasteiger partial charge on any atom is -0.462 e. The molecule has 362 valence electrons. The lowest BCUT2D eigenvalue weighted by atomic mass is 10.1. The summed E-state index contributed by atoms with van der Waals surface area (Å²) in [5.74, 6) is -1.49. The second-order valence-electron chi connectivity index (χ2n) is 16.6. The van der Waals surface area contributed by atoms with Crippen LogP contribution >= 0.6 is 7.82 Å². The topological polar surface area (TPSA) is 155 Å². The fraction of sp³-hybridized carbons (Fsp3) is 0.820. The molecule has 0 saturated heterocycles. The maximum Gasteiger partial charge on any atom is 0.472 e. The Hall–Kier alpha value is -2.30. The number of rotatable bonds is 46. The van der Waals surface area contributed by atoms with E-state index in [-0.39, 0.29) is 25.9 Å². The number of allylic oxidation sites excluding steroid dienone is 6. The molecule has 11 nitrogen and oxygen atoms in total. The van der Waals surface area contributed by atoms with Crippen LogP contribution in [-0.4, -0.2) is 66.5 Å². The van der Waals surface area contributed by atoms with Crippen molar-refractivity contribution in [2.24, 2.45) is 0 Å². The number of carbonyl (C=O) groups is 3. The van der Waals surface area contributed by atoms with E-state index in [1.807, 2.05) is 0 Å². The van der Waals surface area contributed by atoms with Gasteiger partial charge in [0, 0.05) is 19.3 Å². The molecular formula is C50H91O11P. The summed E-state index contributed by atoms with van der Waals surface area (Å²) in [5.41, 5.74) is 0. The Balaban J connectivity index is 4.77. The first-order valence-electron chi connectivity index (χ1n) is 24.9. The largest absolute Gasteiger partial charge is 0.472 e. The van der Waals surface area contributed by atoms with Crippen LogP contribution in [-0.2, 0) is 42.2 Å². The Bertz CT molecular complexity index is 1190. The third kappa shape index (κ3) is 43.0. The molecule has 0 aliphatic rings. The van der Waals surface area contributed by atoms with Gasteiger partial charge in [-0.25, -0.2) is 4.57 Å². The lowest BCUT2D eigenvalue weighted by Crippen LogP contribution is -2.30. The minimum atomic E-state index is -4.74. The molecule has 0 bridgehead atoms. The molecule has 0 amide bonds. The summed E-state index contributed by atoms with van der Waals surface area (Å²) in [6, 6.07) is 0. The molecule has 3 atom stereocenters. The maximum absolute atomic E-state index is 12.8. The highest BCUT2D eigenvalue weighted by Gasteiger charge is 2.28. The van der Waals surface area contributed by atoms with Gasteiger partial charge in [0.25, 0.3) is 0 Å². The monoisotopic (exact) mass is 899 g/mol. The minimum absolute atomic E-state index is 0.136. The molecule has 0 spiro atoms. The molecule has 0 aromatic heterocycles. The average molecular weight is 899 g/mol. The molecule has 0 radical (unpaired) electrons. The van der Waals surface area contributed by atoms with Crippen molar-refractivity contribution in [3.63, 3.8) is 0 Å². The Kier molecular flexibility index (Phi) is 43.6. The Morgan fingerprint density at radius 3 is 1.29 bits per heavy atom. The second kappa shape index (κ2) is 45.3. The van der Waals surface area contributed by atoms with Crippen LogP contribution in [0.15, 0.2) is 36.5 Å². The van der Waals surface area contributed by atoms with E-state index >= 15 is 0 Å². The predicted octanol–water partition coefficient (Wildman–Crippen LogP) is 13.7. The van der Waals surface area contributed by atoms with Crippen molar-refractivity contribution in [1.82, 2.24) is 0 Å². The zero-order valence-electron chi connectivity index (χ0n) is 39.6. The normalized spacial score (nSPS) is 13.8. The highest BCUT2D eigenvalue weighted by molar-refractivity contribution is 7.47. The van der Waals surface area contributed by atoms with Gasteiger partial charge in [-0.05, 0) is 51.4 Å². The molecule has 0 aliphatic carbocycles. The summed E-state index contributed by atoms with van der Waals surface area (Å²) in [7, 11) is -4.74. The number of aliphatic hydroxyl groups is 1. The fourth-order valence-electron chi connectivity index (χ4n) is 6.78. The lowest BCUT2D eigenvalue weighted by molar-refractivity contribution is -0.161. The molecule has 0 rings (SSSR count). The zero-order chi connectivity index (χ0) is 45.6. The number of phosphoric ester groups is 1. The quantitative estimate of drug-likeness (QED) is 0.0197. The SMILES string of the molecule is CC/C=C\C/C=C\C/C=C\CCCCCC(=O)OC(COC(=O)CCCCCCCCCCCCC)COP(=O)(O)OCC(CO)OC(=O)CCCCCCCCCCCCC. The van der Waals surface area contributed by atoms with Crippen LogP contribution in [0, 0.1) is 0 Å². The number of unbranched alkanes of at least 4 members (excludes halogenated alkanes) is 23. The second-order valence-corrected chi connectivity index (χ2v) is 18.1. The highest BCUT2D eigenvalue weighted by atomic mass is 31.2. The van der Waals surface area contributed by atoms with E-state index in [1.54, 1.807) is 0 Å². The third-order valence-corrected chi connectivity index (χ3v) is 11.5. The van der Waals surface area contributed by atoms with Gasteiger partial charge in [-0.2, -0.15) is 0 Å². The van der Waals surface area contributed by atoms with Crippen molar-refractivity contribution in [2.75, 3.05) is 26.4 Å². The van der Waals surface area contributed by atoms with E-state index in [0.717, 1.165) is 77.0 Å². The van der Waals surface area contributed by atoms with Crippen molar-refractivity contribution in [3.8, 4) is 0 Å². The van der Waals surface area contributed by atoms with Crippen LogP contribution in [0.3, 0.4) is 0 Å². The molecule has 0 saturated carbocycles. The first-order valence-corrected chi connectivity index (χ1v) is 26.4. The van der Waals surface area contributed by atoms with Gasteiger partial charge in [0.15, 0.2) is 6.10 Å². The Morgan fingerprint density at radius 2 is 0.839 bits per heavy atom. The first-order chi connectivity index (χ1) is 30.2. The van der Waals surface area contributed by atoms with E-state index in [0.29, 0.717) is 19.3 Å². The third-order valence-electron chi connectivity index (χ3n) is 10.6. The lowest BCUT2D eigenvalue weighted by Gasteiger charge is -2.21.